The number of esters is 3. The van der Waals surface area contributed by atoms with E-state index in [9.17, 15) is 24.0 Å². The normalized spacial score (nSPS) is 18.2. The van der Waals surface area contributed by atoms with Gasteiger partial charge >= 0.3 is 29.6 Å². The Kier molecular flexibility index (Phi) is 11.1. The first-order valence-electron chi connectivity index (χ1n) is 15.0. The van der Waals surface area contributed by atoms with E-state index in [2.05, 4.69) is 16.8 Å². The zero-order valence-corrected chi connectivity index (χ0v) is 25.5. The summed E-state index contributed by atoms with van der Waals surface area (Å²) in [5, 5.41) is 8.80. The molecule has 244 valence electrons. The van der Waals surface area contributed by atoms with Gasteiger partial charge in [-0.1, -0.05) is 60.5 Å². The van der Waals surface area contributed by atoms with Gasteiger partial charge in [0.05, 0.1) is 16.7 Å². The summed E-state index contributed by atoms with van der Waals surface area (Å²) < 4.78 is 24.5. The molecule has 1 aromatic heterocycles. The van der Waals surface area contributed by atoms with E-state index in [1.54, 1.807) is 78.9 Å². The summed E-state index contributed by atoms with van der Waals surface area (Å²) in [6.07, 6.45) is -3.32. The average molecular weight is 651 g/mol. The zero-order chi connectivity index (χ0) is 33.9. The monoisotopic (exact) mass is 650 g/mol. The van der Waals surface area contributed by atoms with E-state index in [1.165, 1.54) is 24.4 Å². The van der Waals surface area contributed by atoms with Gasteiger partial charge in [0.1, 0.15) is 18.4 Å². The van der Waals surface area contributed by atoms with Crippen molar-refractivity contribution in [2.24, 2.45) is 0 Å². The molecular formula is C36H30N2O10. The Labute approximate surface area is 274 Å². The number of benzene rings is 3. The van der Waals surface area contributed by atoms with E-state index >= 15 is 0 Å². The SMILES string of the molecule is O=C(O)CCCC#Cc1ccn([C@@H]2O[C@H](COC(=O)c3ccccc3)[C@@H](OC(=O)c3ccccc3)[C@H]2OC(=O)c2ccccc2)c(=O)n1. The lowest BCUT2D eigenvalue weighted by molar-refractivity contribution is -0.137. The molecule has 1 N–H and O–H groups in total. The lowest BCUT2D eigenvalue weighted by atomic mass is 10.1. The lowest BCUT2D eigenvalue weighted by Crippen LogP contribution is -2.42. The first-order valence-corrected chi connectivity index (χ1v) is 15.0. The molecule has 1 fully saturated rings. The van der Waals surface area contributed by atoms with Crippen LogP contribution >= 0.6 is 0 Å². The van der Waals surface area contributed by atoms with E-state index in [0.717, 1.165) is 4.57 Å². The van der Waals surface area contributed by atoms with Crippen LogP contribution in [0.2, 0.25) is 0 Å². The number of carbonyl (C=O) groups is 4. The molecule has 2 heterocycles. The van der Waals surface area contributed by atoms with Crippen molar-refractivity contribution >= 4 is 23.9 Å². The highest BCUT2D eigenvalue weighted by Gasteiger charge is 2.51. The smallest absolute Gasteiger partial charge is 0.350 e. The highest BCUT2D eigenvalue weighted by molar-refractivity contribution is 5.91. The van der Waals surface area contributed by atoms with Crippen LogP contribution in [-0.4, -0.2) is 63.5 Å². The molecule has 3 aromatic carbocycles. The topological polar surface area (TPSA) is 160 Å². The summed E-state index contributed by atoms with van der Waals surface area (Å²) in [4.78, 5) is 67.5. The van der Waals surface area contributed by atoms with Crippen LogP contribution in [0.25, 0.3) is 0 Å². The van der Waals surface area contributed by atoms with Crippen LogP contribution in [0, 0.1) is 11.8 Å². The summed E-state index contributed by atoms with van der Waals surface area (Å²) in [5.41, 5.74) is -0.00506. The Balaban J connectivity index is 1.47. The second-order valence-electron chi connectivity index (χ2n) is 10.6. The van der Waals surface area contributed by atoms with Crippen LogP contribution in [0.3, 0.4) is 0 Å². The first-order chi connectivity index (χ1) is 23.3. The fourth-order valence-corrected chi connectivity index (χ4v) is 4.84. The van der Waals surface area contributed by atoms with E-state index in [-0.39, 0.29) is 35.2 Å². The fraction of sp³-hybridized carbons (Fsp3) is 0.222. The second-order valence-corrected chi connectivity index (χ2v) is 10.6. The number of hydrogen-bond acceptors (Lipinski definition) is 10. The molecule has 1 saturated heterocycles. The molecule has 0 unspecified atom stereocenters. The zero-order valence-electron chi connectivity index (χ0n) is 25.5. The predicted molar refractivity (Wildman–Crippen MR) is 169 cm³/mol. The molecule has 0 amide bonds. The first kappa shape index (κ1) is 33.3. The molecule has 0 spiro atoms. The number of carbonyl (C=O) groups excluding carboxylic acids is 3. The summed E-state index contributed by atoms with van der Waals surface area (Å²) >= 11 is 0. The standard InChI is InChI=1S/C36H30N2O10/c39-29(40)20-12-4-11-19-27-21-22-38(36(44)37-27)32-31(48-35(43)26-17-9-3-10-18-26)30(47-34(42)25-15-7-2-8-16-25)28(46-32)23-45-33(41)24-13-5-1-6-14-24/h1-3,5-10,13-18,21-22,28,30-32H,4,12,20,23H2,(H,39,40)/t28-,30-,31-,32-/m1/s1. The maximum absolute atomic E-state index is 13.3. The van der Waals surface area contributed by atoms with Gasteiger partial charge in [0, 0.05) is 19.0 Å². The number of unbranched alkanes of at least 4 members (excludes halogenated alkanes) is 1. The van der Waals surface area contributed by atoms with E-state index in [1.807, 2.05) is 0 Å². The summed E-state index contributed by atoms with van der Waals surface area (Å²) in [5.74, 6) is 2.38. The van der Waals surface area contributed by atoms with Crippen molar-refractivity contribution in [3.8, 4) is 11.8 Å². The number of hydrogen-bond donors (Lipinski definition) is 1. The molecule has 1 aliphatic heterocycles. The van der Waals surface area contributed by atoms with Crippen molar-refractivity contribution in [2.45, 2.75) is 43.8 Å². The minimum Gasteiger partial charge on any atom is -0.481 e. The molecule has 0 saturated carbocycles. The van der Waals surface area contributed by atoms with Crippen molar-refractivity contribution < 1.29 is 43.2 Å². The third kappa shape index (κ3) is 8.60. The Morgan fingerprint density at radius 2 is 1.31 bits per heavy atom. The van der Waals surface area contributed by atoms with Crippen LogP contribution < -0.4 is 5.69 Å². The van der Waals surface area contributed by atoms with Crippen LogP contribution in [0.5, 0.6) is 0 Å². The predicted octanol–water partition coefficient (Wildman–Crippen LogP) is 4.06. The maximum atomic E-state index is 13.3. The molecule has 4 aromatic rings. The van der Waals surface area contributed by atoms with Gasteiger partial charge in [0.15, 0.2) is 18.4 Å². The number of aromatic nitrogens is 2. The van der Waals surface area contributed by atoms with Crippen LogP contribution in [-0.2, 0) is 23.7 Å². The van der Waals surface area contributed by atoms with Gasteiger partial charge in [-0.25, -0.2) is 19.2 Å². The van der Waals surface area contributed by atoms with Crippen molar-refractivity contribution in [2.75, 3.05) is 6.61 Å². The molecular weight excluding hydrogens is 620 g/mol. The summed E-state index contributed by atoms with van der Waals surface area (Å²) in [6, 6.07) is 25.9. The number of rotatable bonds is 11. The Bertz CT molecular complexity index is 1870. The number of ether oxygens (including phenoxy) is 4. The highest BCUT2D eigenvalue weighted by Crippen LogP contribution is 2.34. The lowest BCUT2D eigenvalue weighted by Gasteiger charge is -2.25. The fourth-order valence-electron chi connectivity index (χ4n) is 4.84. The van der Waals surface area contributed by atoms with Crippen molar-refractivity contribution in [3.05, 3.63) is 136 Å². The number of nitrogens with zero attached hydrogens (tertiary/aromatic N) is 2. The van der Waals surface area contributed by atoms with Crippen LogP contribution in [0.4, 0.5) is 0 Å². The molecule has 48 heavy (non-hydrogen) atoms. The molecule has 0 bridgehead atoms. The third-order valence-electron chi connectivity index (χ3n) is 7.19. The van der Waals surface area contributed by atoms with Gasteiger partial charge in [0.2, 0.25) is 0 Å². The minimum atomic E-state index is -1.39. The second kappa shape index (κ2) is 16.0. The molecule has 5 rings (SSSR count). The Hall–Kier alpha value is -6.06. The molecule has 0 aliphatic carbocycles. The van der Waals surface area contributed by atoms with Crippen molar-refractivity contribution in [3.63, 3.8) is 0 Å². The van der Waals surface area contributed by atoms with Gasteiger partial charge < -0.3 is 24.1 Å². The summed E-state index contributed by atoms with van der Waals surface area (Å²) in [7, 11) is 0. The van der Waals surface area contributed by atoms with Crippen molar-refractivity contribution in [1.82, 2.24) is 9.55 Å². The van der Waals surface area contributed by atoms with Crippen LogP contribution in [0.1, 0.15) is 62.3 Å². The number of carboxylic acid groups (broad SMARTS) is 1. The van der Waals surface area contributed by atoms with Gasteiger partial charge in [-0.15, -0.1) is 0 Å². The largest absolute Gasteiger partial charge is 0.481 e. The van der Waals surface area contributed by atoms with Gasteiger partial charge in [-0.3, -0.25) is 9.36 Å². The molecule has 1 aliphatic rings. The quantitative estimate of drug-likeness (QED) is 0.108. The molecule has 4 atom stereocenters. The Morgan fingerprint density at radius 1 is 0.771 bits per heavy atom. The van der Waals surface area contributed by atoms with Gasteiger partial charge in [-0.2, -0.15) is 4.98 Å². The Morgan fingerprint density at radius 3 is 1.85 bits per heavy atom. The van der Waals surface area contributed by atoms with E-state index in [0.29, 0.717) is 6.42 Å². The summed E-state index contributed by atoms with van der Waals surface area (Å²) in [6.45, 7) is -0.418. The number of carboxylic acids is 1. The molecule has 12 nitrogen and oxygen atoms in total. The van der Waals surface area contributed by atoms with E-state index in [4.69, 9.17) is 24.1 Å². The number of aliphatic carboxylic acids is 1. The van der Waals surface area contributed by atoms with Gasteiger partial charge in [-0.05, 0) is 54.8 Å². The molecule has 0 radical (unpaired) electrons. The molecule has 12 heteroatoms. The van der Waals surface area contributed by atoms with Crippen LogP contribution in [0.15, 0.2) is 108 Å². The average Bonchev–Trinajstić information content (AvgIpc) is 3.43. The van der Waals surface area contributed by atoms with Crippen molar-refractivity contribution in [1.29, 1.82) is 0 Å². The van der Waals surface area contributed by atoms with Gasteiger partial charge in [0.25, 0.3) is 0 Å². The third-order valence-corrected chi connectivity index (χ3v) is 7.19. The van der Waals surface area contributed by atoms with E-state index < -0.39 is 60.7 Å². The highest BCUT2D eigenvalue weighted by atomic mass is 16.7. The maximum Gasteiger partial charge on any atom is 0.350 e. The minimum absolute atomic E-state index is 0.0380.